The minimum atomic E-state index is -0.829. The predicted octanol–water partition coefficient (Wildman–Crippen LogP) is 4.24. The topological polar surface area (TPSA) is 50.7 Å². The van der Waals surface area contributed by atoms with Crippen molar-refractivity contribution >= 4 is 32.7 Å². The van der Waals surface area contributed by atoms with E-state index in [0.717, 1.165) is 38.6 Å². The number of nitrogens with zero attached hydrogens (tertiary/aromatic N) is 4. The fourth-order valence-corrected chi connectivity index (χ4v) is 6.44. The largest absolute Gasteiger partial charge is 0.487 e. The summed E-state index contributed by atoms with van der Waals surface area (Å²) in [7, 11) is 1.98. The van der Waals surface area contributed by atoms with Crippen LogP contribution in [0.5, 0.6) is 11.8 Å². The van der Waals surface area contributed by atoms with E-state index in [4.69, 9.17) is 14.5 Å². The second kappa shape index (κ2) is 7.13. The number of ether oxygens (including phenoxy) is 2. The molecule has 2 saturated heterocycles. The van der Waals surface area contributed by atoms with E-state index in [1.165, 1.54) is 0 Å². The summed E-state index contributed by atoms with van der Waals surface area (Å²) in [4.78, 5) is 13.4. The van der Waals surface area contributed by atoms with Crippen LogP contribution in [0.3, 0.4) is 0 Å². The van der Waals surface area contributed by atoms with Gasteiger partial charge < -0.3 is 14.4 Å². The van der Waals surface area contributed by atoms with Crippen LogP contribution >= 0.6 is 15.9 Å². The zero-order chi connectivity index (χ0) is 21.3. The zero-order valence-corrected chi connectivity index (χ0v) is 19.0. The van der Waals surface area contributed by atoms with Gasteiger partial charge in [0.2, 0.25) is 0 Å². The van der Waals surface area contributed by atoms with E-state index in [1.807, 2.05) is 7.05 Å². The number of fused-ring (bicyclic) bond motifs is 2. The molecule has 6 nitrogen and oxygen atoms in total. The number of aromatic nitrogens is 2. The second-order valence-electron chi connectivity index (χ2n) is 9.35. The Morgan fingerprint density at radius 1 is 1.32 bits per heavy atom. The Bertz CT molecular complexity index is 1060. The summed E-state index contributed by atoms with van der Waals surface area (Å²) in [5.74, 6) is 0.774. The third kappa shape index (κ3) is 3.03. The van der Waals surface area contributed by atoms with Crippen molar-refractivity contribution in [1.29, 1.82) is 0 Å². The molecule has 0 amide bonds. The third-order valence-electron chi connectivity index (χ3n) is 7.55. The monoisotopic (exact) mass is 494 g/mol. The molecule has 1 aromatic carbocycles. The van der Waals surface area contributed by atoms with Gasteiger partial charge in [-0.3, -0.25) is 4.90 Å². The van der Waals surface area contributed by atoms with E-state index in [-0.39, 0.29) is 29.2 Å². The van der Waals surface area contributed by atoms with Crippen molar-refractivity contribution in [3.8, 4) is 11.8 Å². The average molecular weight is 495 g/mol. The summed E-state index contributed by atoms with van der Waals surface area (Å²) in [6.07, 6.45) is 4.64. The fourth-order valence-electron chi connectivity index (χ4n) is 6.05. The average Bonchev–Trinajstić information content (AvgIpc) is 3.41. The molecule has 1 aliphatic carbocycles. The first-order valence-electron chi connectivity index (χ1n) is 11.1. The summed E-state index contributed by atoms with van der Waals surface area (Å²) >= 11 is 3.31. The van der Waals surface area contributed by atoms with E-state index in [2.05, 4.69) is 30.7 Å². The Hall–Kier alpha value is -1.74. The molecule has 31 heavy (non-hydrogen) atoms. The van der Waals surface area contributed by atoms with E-state index in [0.29, 0.717) is 41.0 Å². The number of hydrogen-bond donors (Lipinski definition) is 0. The summed E-state index contributed by atoms with van der Waals surface area (Å²) in [5.41, 5.74) is -0.120. The van der Waals surface area contributed by atoms with Gasteiger partial charge in [0.05, 0.1) is 21.4 Å². The number of anilines is 1. The molecule has 2 aromatic rings. The minimum absolute atomic E-state index is 0.0371. The highest BCUT2D eigenvalue weighted by Crippen LogP contribution is 2.45. The van der Waals surface area contributed by atoms with Gasteiger partial charge in [-0.1, -0.05) is 0 Å². The molecule has 1 saturated carbocycles. The van der Waals surface area contributed by atoms with Crippen molar-refractivity contribution in [2.24, 2.45) is 0 Å². The first kappa shape index (κ1) is 19.9. The van der Waals surface area contributed by atoms with Crippen molar-refractivity contribution in [3.63, 3.8) is 0 Å². The smallest absolute Gasteiger partial charge is 0.319 e. The zero-order valence-electron chi connectivity index (χ0n) is 17.4. The van der Waals surface area contributed by atoms with Gasteiger partial charge in [-0.2, -0.15) is 9.97 Å². The molecule has 4 atom stereocenters. The van der Waals surface area contributed by atoms with Crippen LogP contribution in [0.2, 0.25) is 0 Å². The molecule has 0 unspecified atom stereocenters. The molecule has 4 aliphatic rings. The van der Waals surface area contributed by atoms with Crippen LogP contribution in [0.1, 0.15) is 38.5 Å². The van der Waals surface area contributed by atoms with Gasteiger partial charge in [-0.25, -0.2) is 8.78 Å². The molecule has 9 heteroatoms. The Kier molecular flexibility index (Phi) is 4.58. The predicted molar refractivity (Wildman–Crippen MR) is 116 cm³/mol. The quantitative estimate of drug-likeness (QED) is 0.636. The van der Waals surface area contributed by atoms with Crippen LogP contribution in [-0.2, 0) is 0 Å². The molecular formula is C22H25BrF2N4O2. The lowest BCUT2D eigenvalue weighted by Gasteiger charge is -2.31. The van der Waals surface area contributed by atoms with Crippen molar-refractivity contribution in [1.82, 2.24) is 14.9 Å². The number of hydrogen-bond acceptors (Lipinski definition) is 6. The molecule has 0 spiro atoms. The Morgan fingerprint density at radius 2 is 2.19 bits per heavy atom. The van der Waals surface area contributed by atoms with Crippen molar-refractivity contribution in [2.45, 2.75) is 62.4 Å². The number of likely N-dealkylation sites (N-methyl/N-ethyl adjacent to an activating group) is 1. The van der Waals surface area contributed by atoms with E-state index in [9.17, 15) is 4.39 Å². The van der Waals surface area contributed by atoms with Crippen LogP contribution in [0.15, 0.2) is 10.5 Å². The van der Waals surface area contributed by atoms with Gasteiger partial charge in [0.15, 0.2) is 5.82 Å². The maximum atomic E-state index is 15.1. The summed E-state index contributed by atoms with van der Waals surface area (Å²) < 4.78 is 41.9. The number of benzene rings is 1. The minimum Gasteiger partial charge on any atom is -0.487 e. The first-order chi connectivity index (χ1) is 14.9. The molecule has 0 radical (unpaired) electrons. The van der Waals surface area contributed by atoms with Gasteiger partial charge in [0.25, 0.3) is 0 Å². The molecule has 3 fully saturated rings. The van der Waals surface area contributed by atoms with Crippen molar-refractivity contribution in [2.75, 3.05) is 31.6 Å². The van der Waals surface area contributed by atoms with Crippen molar-refractivity contribution < 1.29 is 18.3 Å². The molecule has 0 bridgehead atoms. The Balaban J connectivity index is 1.41. The third-order valence-corrected chi connectivity index (χ3v) is 8.13. The summed E-state index contributed by atoms with van der Waals surface area (Å²) in [5, 5.41) is 0.579. The molecule has 6 rings (SSSR count). The molecule has 1 aromatic heterocycles. The molecule has 0 N–H and O–H groups in total. The highest BCUT2D eigenvalue weighted by molar-refractivity contribution is 9.10. The summed E-state index contributed by atoms with van der Waals surface area (Å²) in [6.45, 7) is 1.66. The SMILES string of the molecule is CN1c2nc(OC[C@@]34CCCN3C[C@H](F)C4)nc3c(F)c(Br)cc(c23)O[C@@H]2CCC[C@@H]21. The normalized spacial score (nSPS) is 32.1. The maximum absolute atomic E-state index is 15.1. The highest BCUT2D eigenvalue weighted by Gasteiger charge is 2.49. The first-order valence-corrected chi connectivity index (χ1v) is 11.9. The Labute approximate surface area is 188 Å². The van der Waals surface area contributed by atoms with Gasteiger partial charge in [0.1, 0.15) is 36.0 Å². The van der Waals surface area contributed by atoms with Gasteiger partial charge in [0, 0.05) is 20.0 Å². The standard InChI is InChI=1S/C22H25BrF2N4O2/c1-28-14-4-2-5-15(14)31-16-8-13(23)18(25)19-17(16)20(28)27-21(26-19)30-11-22-6-3-7-29(22)10-12(24)9-22/h8,12,14-15H,2-7,9-11H2,1H3/t12-,14+,15-,22+/m1/s1. The lowest BCUT2D eigenvalue weighted by Crippen LogP contribution is -2.43. The van der Waals surface area contributed by atoms with Crippen LogP contribution < -0.4 is 14.4 Å². The lowest BCUT2D eigenvalue weighted by atomic mass is 9.95. The molecule has 166 valence electrons. The van der Waals surface area contributed by atoms with Crippen molar-refractivity contribution in [3.05, 3.63) is 16.4 Å². The summed E-state index contributed by atoms with van der Waals surface area (Å²) in [6, 6.07) is 1.98. The molecule has 4 heterocycles. The fraction of sp³-hybridized carbons (Fsp3) is 0.636. The van der Waals surface area contributed by atoms with Crippen LogP contribution in [0.4, 0.5) is 14.6 Å². The van der Waals surface area contributed by atoms with Gasteiger partial charge >= 0.3 is 6.01 Å². The molecule has 3 aliphatic heterocycles. The van der Waals surface area contributed by atoms with Crippen LogP contribution in [0.25, 0.3) is 10.9 Å². The maximum Gasteiger partial charge on any atom is 0.319 e. The lowest BCUT2D eigenvalue weighted by molar-refractivity contribution is 0.107. The molecular weight excluding hydrogens is 470 g/mol. The van der Waals surface area contributed by atoms with Gasteiger partial charge in [-0.15, -0.1) is 0 Å². The van der Waals surface area contributed by atoms with Crippen LogP contribution in [0, 0.1) is 5.82 Å². The van der Waals surface area contributed by atoms with Crippen LogP contribution in [-0.4, -0.2) is 65.5 Å². The second-order valence-corrected chi connectivity index (χ2v) is 10.2. The number of rotatable bonds is 3. The van der Waals surface area contributed by atoms with E-state index >= 15 is 4.39 Å². The van der Waals surface area contributed by atoms with E-state index < -0.39 is 12.0 Å². The number of alkyl halides is 1. The van der Waals surface area contributed by atoms with E-state index in [1.54, 1.807) is 6.07 Å². The Morgan fingerprint density at radius 3 is 3.06 bits per heavy atom. The number of halogens is 3. The van der Waals surface area contributed by atoms with Gasteiger partial charge in [-0.05, 0) is 60.6 Å². The highest BCUT2D eigenvalue weighted by atomic mass is 79.9.